The van der Waals surface area contributed by atoms with Crippen molar-refractivity contribution in [1.29, 1.82) is 0 Å². The van der Waals surface area contributed by atoms with E-state index < -0.39 is 16.1 Å². The summed E-state index contributed by atoms with van der Waals surface area (Å²) in [4.78, 5) is 29.1. The van der Waals surface area contributed by atoms with Crippen LogP contribution >= 0.6 is 11.6 Å². The third kappa shape index (κ3) is 9.18. The second-order valence-electron chi connectivity index (χ2n) is 10.2. The zero-order valence-corrected chi connectivity index (χ0v) is 24.9. The summed E-state index contributed by atoms with van der Waals surface area (Å²) in [5.74, 6) is -0.205. The van der Waals surface area contributed by atoms with E-state index >= 15 is 0 Å². The molecule has 3 rings (SSSR count). The Hall–Kier alpha value is -3.20. The normalized spacial score (nSPS) is 12.3. The number of amides is 2. The van der Waals surface area contributed by atoms with Crippen molar-refractivity contribution in [3.8, 4) is 0 Å². The van der Waals surface area contributed by atoms with Gasteiger partial charge in [0.05, 0.1) is 4.90 Å². The first-order chi connectivity index (χ1) is 19.1. The summed E-state index contributed by atoms with van der Waals surface area (Å²) < 4.78 is 27.1. The van der Waals surface area contributed by atoms with Gasteiger partial charge >= 0.3 is 0 Å². The van der Waals surface area contributed by atoms with Crippen LogP contribution in [0.25, 0.3) is 0 Å². The maximum Gasteiger partial charge on any atom is 0.243 e. The van der Waals surface area contributed by atoms with Gasteiger partial charge in [0.15, 0.2) is 0 Å². The highest BCUT2D eigenvalue weighted by Gasteiger charge is 2.30. The molecular formula is C31H38ClN3O4S. The van der Waals surface area contributed by atoms with Gasteiger partial charge in [0.2, 0.25) is 21.8 Å². The minimum atomic E-state index is -3.67. The average molecular weight is 584 g/mol. The van der Waals surface area contributed by atoms with E-state index in [1.165, 1.54) is 11.4 Å². The van der Waals surface area contributed by atoms with E-state index in [1.807, 2.05) is 56.3 Å². The van der Waals surface area contributed by atoms with E-state index in [2.05, 4.69) is 5.32 Å². The third-order valence-electron chi connectivity index (χ3n) is 6.51. The summed E-state index contributed by atoms with van der Waals surface area (Å²) in [6.07, 6.45) is 0.733. The highest BCUT2D eigenvalue weighted by atomic mass is 35.5. The van der Waals surface area contributed by atoms with Gasteiger partial charge in [0, 0.05) is 44.5 Å². The number of nitrogens with zero attached hydrogens (tertiary/aromatic N) is 2. The zero-order chi connectivity index (χ0) is 29.1. The molecule has 0 saturated heterocycles. The molecule has 0 fully saturated rings. The Morgan fingerprint density at radius 2 is 1.52 bits per heavy atom. The molecule has 1 atom stereocenters. The summed E-state index contributed by atoms with van der Waals surface area (Å²) in [6, 6.07) is 24.3. The number of hydrogen-bond acceptors (Lipinski definition) is 4. The predicted octanol–water partition coefficient (Wildman–Crippen LogP) is 5.15. The fraction of sp³-hybridized carbons (Fsp3) is 0.355. The van der Waals surface area contributed by atoms with Gasteiger partial charge in [0.1, 0.15) is 6.04 Å². The lowest BCUT2D eigenvalue weighted by Crippen LogP contribution is -2.51. The molecule has 0 heterocycles. The Morgan fingerprint density at radius 1 is 0.900 bits per heavy atom. The van der Waals surface area contributed by atoms with Gasteiger partial charge in [-0.1, -0.05) is 86.1 Å². The molecule has 0 unspecified atom stereocenters. The maximum atomic E-state index is 13.8. The number of halogens is 1. The van der Waals surface area contributed by atoms with E-state index in [0.717, 1.165) is 11.1 Å². The number of rotatable bonds is 14. The first-order valence-electron chi connectivity index (χ1n) is 13.4. The molecule has 9 heteroatoms. The summed E-state index contributed by atoms with van der Waals surface area (Å²) in [5, 5.41) is 3.54. The number of carbonyl (C=O) groups is 2. The summed E-state index contributed by atoms with van der Waals surface area (Å²) in [5.41, 5.74) is 1.74. The molecule has 0 saturated carbocycles. The summed E-state index contributed by atoms with van der Waals surface area (Å²) in [7, 11) is -2.16. The fourth-order valence-electron chi connectivity index (χ4n) is 4.30. The third-order valence-corrected chi connectivity index (χ3v) is 8.62. The lowest BCUT2D eigenvalue weighted by molar-refractivity contribution is -0.141. The Morgan fingerprint density at radius 3 is 2.15 bits per heavy atom. The quantitative estimate of drug-likeness (QED) is 0.284. The van der Waals surface area contributed by atoms with Gasteiger partial charge in [-0.05, 0) is 47.7 Å². The van der Waals surface area contributed by atoms with Crippen molar-refractivity contribution < 1.29 is 18.0 Å². The van der Waals surface area contributed by atoms with Gasteiger partial charge in [0.25, 0.3) is 0 Å². The van der Waals surface area contributed by atoms with Crippen molar-refractivity contribution in [2.75, 3.05) is 20.1 Å². The van der Waals surface area contributed by atoms with Crippen molar-refractivity contribution in [3.63, 3.8) is 0 Å². The van der Waals surface area contributed by atoms with Crippen LogP contribution in [0.3, 0.4) is 0 Å². The topological polar surface area (TPSA) is 86.8 Å². The molecular weight excluding hydrogens is 546 g/mol. The minimum absolute atomic E-state index is 0.0813. The predicted molar refractivity (Wildman–Crippen MR) is 159 cm³/mol. The molecule has 0 aliphatic heterocycles. The molecule has 0 aliphatic rings. The van der Waals surface area contributed by atoms with Gasteiger partial charge in [-0.2, -0.15) is 0 Å². The highest BCUT2D eigenvalue weighted by Crippen LogP contribution is 2.20. The Kier molecular flexibility index (Phi) is 11.7. The number of carbonyl (C=O) groups excluding carboxylic acids is 2. The van der Waals surface area contributed by atoms with Crippen LogP contribution in [-0.4, -0.2) is 55.6 Å². The lowest BCUT2D eigenvalue weighted by atomic mass is 10.0. The van der Waals surface area contributed by atoms with Crippen LogP contribution in [0.4, 0.5) is 0 Å². The molecule has 0 spiro atoms. The van der Waals surface area contributed by atoms with Gasteiger partial charge in [-0.15, -0.1) is 0 Å². The number of hydrogen-bond donors (Lipinski definition) is 1. The Balaban J connectivity index is 1.82. The molecule has 3 aromatic rings. The zero-order valence-electron chi connectivity index (χ0n) is 23.3. The van der Waals surface area contributed by atoms with Crippen LogP contribution in [0.1, 0.15) is 37.8 Å². The first-order valence-corrected chi connectivity index (χ1v) is 15.3. The summed E-state index contributed by atoms with van der Waals surface area (Å²) in [6.45, 7) is 4.88. The van der Waals surface area contributed by atoms with Crippen molar-refractivity contribution in [1.82, 2.24) is 14.5 Å². The molecule has 1 N–H and O–H groups in total. The van der Waals surface area contributed by atoms with Crippen LogP contribution in [0.2, 0.25) is 5.02 Å². The van der Waals surface area contributed by atoms with E-state index in [-0.39, 0.29) is 42.1 Å². The molecule has 7 nitrogen and oxygen atoms in total. The van der Waals surface area contributed by atoms with Crippen LogP contribution in [0, 0.1) is 5.92 Å². The monoisotopic (exact) mass is 583 g/mol. The molecule has 0 aromatic heterocycles. The van der Waals surface area contributed by atoms with Gasteiger partial charge in [-0.25, -0.2) is 12.7 Å². The Labute approximate surface area is 243 Å². The lowest BCUT2D eigenvalue weighted by Gasteiger charge is -2.32. The van der Waals surface area contributed by atoms with E-state index in [4.69, 9.17) is 11.6 Å². The van der Waals surface area contributed by atoms with Crippen molar-refractivity contribution in [2.24, 2.45) is 5.92 Å². The minimum Gasteiger partial charge on any atom is -0.354 e. The van der Waals surface area contributed by atoms with Crippen LogP contribution in [0.5, 0.6) is 0 Å². The van der Waals surface area contributed by atoms with Gasteiger partial charge < -0.3 is 10.2 Å². The van der Waals surface area contributed by atoms with E-state index in [0.29, 0.717) is 24.4 Å². The van der Waals surface area contributed by atoms with E-state index in [1.54, 1.807) is 47.4 Å². The smallest absolute Gasteiger partial charge is 0.243 e. The second-order valence-corrected chi connectivity index (χ2v) is 12.7. The maximum absolute atomic E-state index is 13.8. The molecule has 3 aromatic carbocycles. The van der Waals surface area contributed by atoms with Crippen molar-refractivity contribution in [3.05, 3.63) is 101 Å². The van der Waals surface area contributed by atoms with Gasteiger partial charge in [-0.3, -0.25) is 9.59 Å². The number of nitrogens with one attached hydrogen (secondary N) is 1. The molecule has 2 amide bonds. The molecule has 40 heavy (non-hydrogen) atoms. The number of benzene rings is 3. The van der Waals surface area contributed by atoms with Crippen LogP contribution in [0.15, 0.2) is 89.8 Å². The molecule has 0 radical (unpaired) electrons. The second kappa shape index (κ2) is 15.0. The van der Waals surface area contributed by atoms with Crippen molar-refractivity contribution in [2.45, 2.75) is 50.6 Å². The number of sulfonamides is 1. The largest absolute Gasteiger partial charge is 0.354 e. The molecule has 0 aliphatic carbocycles. The van der Waals surface area contributed by atoms with Crippen molar-refractivity contribution >= 4 is 33.4 Å². The van der Waals surface area contributed by atoms with Crippen LogP contribution < -0.4 is 5.32 Å². The Bertz CT molecular complexity index is 1350. The SMILES string of the molecule is CC(C)CNC(=O)[C@H](Cc1ccccc1)N(Cc1cccc(Cl)c1)C(=O)CCCN(C)S(=O)(=O)c1ccccc1. The summed E-state index contributed by atoms with van der Waals surface area (Å²) >= 11 is 6.23. The molecule has 0 bridgehead atoms. The fourth-order valence-corrected chi connectivity index (χ4v) is 5.74. The first kappa shape index (κ1) is 31.3. The standard InChI is InChI=1S/C31H38ClN3O4S/c1-24(2)22-33-31(37)29(21-25-12-6-4-7-13-25)35(23-26-14-10-15-27(32)20-26)30(36)18-11-19-34(3)40(38,39)28-16-8-5-9-17-28/h4-10,12-17,20,24,29H,11,18-19,21-23H2,1-3H3,(H,33,37)/t29-/m0/s1. The highest BCUT2D eigenvalue weighted by molar-refractivity contribution is 7.89. The van der Waals surface area contributed by atoms with E-state index in [9.17, 15) is 18.0 Å². The molecule has 214 valence electrons. The van der Waals surface area contributed by atoms with Crippen LogP contribution in [-0.2, 0) is 32.6 Å². The average Bonchev–Trinajstić information content (AvgIpc) is 2.94.